The van der Waals surface area contributed by atoms with Gasteiger partial charge in [0.05, 0.1) is 10.6 Å². The molecule has 0 aliphatic rings. The lowest BCUT2D eigenvalue weighted by Gasteiger charge is -2.02. The van der Waals surface area contributed by atoms with Gasteiger partial charge in [0.25, 0.3) is 5.56 Å². The number of hydrogen-bond acceptors (Lipinski definition) is 6. The van der Waals surface area contributed by atoms with Crippen molar-refractivity contribution in [2.75, 3.05) is 5.43 Å². The van der Waals surface area contributed by atoms with Gasteiger partial charge in [-0.2, -0.15) is 5.10 Å². The van der Waals surface area contributed by atoms with Crippen molar-refractivity contribution in [3.05, 3.63) is 38.4 Å². The van der Waals surface area contributed by atoms with E-state index in [4.69, 9.17) is 0 Å². The Morgan fingerprint density at radius 3 is 3.00 bits per heavy atom. The highest BCUT2D eigenvalue weighted by Gasteiger charge is 2.03. The molecule has 2 aromatic heterocycles. The first kappa shape index (κ1) is 12.4. The Morgan fingerprint density at radius 1 is 1.56 bits per heavy atom. The zero-order valence-corrected chi connectivity index (χ0v) is 10.9. The van der Waals surface area contributed by atoms with Gasteiger partial charge in [-0.15, -0.1) is 21.5 Å². The van der Waals surface area contributed by atoms with E-state index in [9.17, 15) is 4.79 Å². The summed E-state index contributed by atoms with van der Waals surface area (Å²) in [5.41, 5.74) is 3.69. The molecule has 0 saturated carbocycles. The fourth-order valence-corrected chi connectivity index (χ4v) is 2.10. The number of aromatic nitrogens is 3. The van der Waals surface area contributed by atoms with Crippen LogP contribution in [0.4, 0.5) is 5.95 Å². The Labute approximate surface area is 108 Å². The summed E-state index contributed by atoms with van der Waals surface area (Å²) >= 11 is 1.62. The SMILES string of the molecule is CC/C(=N/Nc1nnc(C)c(=O)[nH]1)c1cccs1. The lowest BCUT2D eigenvalue weighted by molar-refractivity contribution is 0.896. The number of H-pyrrole nitrogens is 1. The Balaban J connectivity index is 2.18. The summed E-state index contributed by atoms with van der Waals surface area (Å²) in [6.45, 7) is 3.62. The number of nitrogens with one attached hydrogen (secondary N) is 2. The minimum Gasteiger partial charge on any atom is -0.288 e. The van der Waals surface area contributed by atoms with E-state index in [0.717, 1.165) is 17.0 Å². The third-order valence-electron chi connectivity index (χ3n) is 2.30. The number of anilines is 1. The number of thiophene rings is 1. The van der Waals surface area contributed by atoms with E-state index in [1.165, 1.54) is 0 Å². The normalized spacial score (nSPS) is 11.6. The molecule has 0 atom stereocenters. The first-order valence-corrected chi connectivity index (χ1v) is 6.38. The van der Waals surface area contributed by atoms with Crippen molar-refractivity contribution >= 4 is 23.0 Å². The van der Waals surface area contributed by atoms with Gasteiger partial charge in [0.15, 0.2) is 0 Å². The predicted molar refractivity (Wildman–Crippen MR) is 72.2 cm³/mol. The lowest BCUT2D eigenvalue weighted by atomic mass is 10.2. The van der Waals surface area contributed by atoms with Gasteiger partial charge in [0.1, 0.15) is 5.69 Å². The van der Waals surface area contributed by atoms with Gasteiger partial charge in [-0.25, -0.2) is 5.43 Å². The molecule has 7 heteroatoms. The molecule has 0 aromatic carbocycles. The predicted octanol–water partition coefficient (Wildman–Crippen LogP) is 1.76. The highest BCUT2D eigenvalue weighted by Crippen LogP contribution is 2.12. The van der Waals surface area contributed by atoms with Crippen LogP contribution in [0.1, 0.15) is 23.9 Å². The minimum atomic E-state index is -0.267. The molecule has 0 radical (unpaired) electrons. The molecule has 94 valence electrons. The van der Waals surface area contributed by atoms with E-state index in [1.54, 1.807) is 18.3 Å². The van der Waals surface area contributed by atoms with E-state index in [0.29, 0.717) is 5.69 Å². The molecule has 0 aliphatic carbocycles. The van der Waals surface area contributed by atoms with Gasteiger partial charge in [-0.05, 0) is 24.8 Å². The summed E-state index contributed by atoms with van der Waals surface area (Å²) in [6, 6.07) is 3.97. The number of aryl methyl sites for hydroxylation is 1. The van der Waals surface area contributed by atoms with Crippen LogP contribution in [0, 0.1) is 6.92 Å². The van der Waals surface area contributed by atoms with Crippen LogP contribution in [-0.2, 0) is 0 Å². The van der Waals surface area contributed by atoms with Crippen LogP contribution in [0.5, 0.6) is 0 Å². The van der Waals surface area contributed by atoms with Crippen LogP contribution in [0.2, 0.25) is 0 Å². The highest BCUT2D eigenvalue weighted by molar-refractivity contribution is 7.12. The van der Waals surface area contributed by atoms with Crippen LogP contribution >= 0.6 is 11.3 Å². The van der Waals surface area contributed by atoms with E-state index >= 15 is 0 Å². The van der Waals surface area contributed by atoms with Crippen molar-refractivity contribution in [3.8, 4) is 0 Å². The second-order valence-corrected chi connectivity index (χ2v) is 4.54. The zero-order chi connectivity index (χ0) is 13.0. The number of rotatable bonds is 4. The quantitative estimate of drug-likeness (QED) is 0.650. The zero-order valence-electron chi connectivity index (χ0n) is 10.1. The number of aromatic amines is 1. The number of hydrazone groups is 1. The number of hydrogen-bond donors (Lipinski definition) is 2. The average Bonchev–Trinajstić information content (AvgIpc) is 2.88. The number of nitrogens with zero attached hydrogens (tertiary/aromatic N) is 3. The van der Waals surface area contributed by atoms with Crippen molar-refractivity contribution in [1.29, 1.82) is 0 Å². The van der Waals surface area contributed by atoms with Crippen LogP contribution in [0.15, 0.2) is 27.4 Å². The van der Waals surface area contributed by atoms with Crippen LogP contribution < -0.4 is 11.0 Å². The average molecular weight is 263 g/mol. The Bertz CT molecular complexity index is 602. The van der Waals surface area contributed by atoms with Crippen LogP contribution in [-0.4, -0.2) is 20.9 Å². The first-order chi connectivity index (χ1) is 8.70. The maximum Gasteiger partial charge on any atom is 0.274 e. The summed E-state index contributed by atoms with van der Waals surface area (Å²) in [6.07, 6.45) is 0.789. The molecule has 2 heterocycles. The second-order valence-electron chi connectivity index (χ2n) is 3.59. The summed E-state index contributed by atoms with van der Waals surface area (Å²) in [5, 5.41) is 13.8. The highest BCUT2D eigenvalue weighted by atomic mass is 32.1. The van der Waals surface area contributed by atoms with Gasteiger partial charge in [-0.3, -0.25) is 9.78 Å². The minimum absolute atomic E-state index is 0.244. The van der Waals surface area contributed by atoms with Crippen LogP contribution in [0.3, 0.4) is 0 Å². The first-order valence-electron chi connectivity index (χ1n) is 5.50. The Morgan fingerprint density at radius 2 is 2.39 bits per heavy atom. The maximum atomic E-state index is 11.3. The van der Waals surface area contributed by atoms with E-state index in [1.807, 2.05) is 24.4 Å². The monoisotopic (exact) mass is 263 g/mol. The maximum absolute atomic E-state index is 11.3. The largest absolute Gasteiger partial charge is 0.288 e. The van der Waals surface area contributed by atoms with Crippen molar-refractivity contribution < 1.29 is 0 Å². The Kier molecular flexibility index (Phi) is 3.83. The molecule has 6 nitrogen and oxygen atoms in total. The Hall–Kier alpha value is -2.02. The van der Waals surface area contributed by atoms with Crippen molar-refractivity contribution in [1.82, 2.24) is 15.2 Å². The molecule has 2 N–H and O–H groups in total. The van der Waals surface area contributed by atoms with E-state index in [2.05, 4.69) is 25.7 Å². The standard InChI is InChI=1S/C11H13N5OS/c1-3-8(9-5-4-6-18-9)14-16-11-12-10(17)7(2)13-15-11/h4-6H,3H2,1-2H3,(H2,12,15,16,17)/b14-8-. The third kappa shape index (κ3) is 2.80. The fourth-order valence-electron chi connectivity index (χ4n) is 1.32. The molecule has 0 bridgehead atoms. The topological polar surface area (TPSA) is 83.0 Å². The molecule has 0 aliphatic heterocycles. The molecule has 18 heavy (non-hydrogen) atoms. The molecular weight excluding hydrogens is 250 g/mol. The lowest BCUT2D eigenvalue weighted by Crippen LogP contribution is -2.16. The van der Waals surface area contributed by atoms with Gasteiger partial charge in [0.2, 0.25) is 5.95 Å². The molecule has 2 rings (SSSR count). The molecular formula is C11H13N5OS. The molecule has 0 fully saturated rings. The second kappa shape index (κ2) is 5.54. The van der Waals surface area contributed by atoms with Gasteiger partial charge < -0.3 is 0 Å². The van der Waals surface area contributed by atoms with Crippen molar-refractivity contribution in [2.24, 2.45) is 5.10 Å². The molecule has 0 saturated heterocycles. The van der Waals surface area contributed by atoms with E-state index in [-0.39, 0.29) is 11.5 Å². The molecule has 0 spiro atoms. The summed E-state index contributed by atoms with van der Waals surface area (Å²) in [4.78, 5) is 15.0. The van der Waals surface area contributed by atoms with Crippen molar-refractivity contribution in [3.63, 3.8) is 0 Å². The van der Waals surface area contributed by atoms with Gasteiger partial charge in [0, 0.05) is 0 Å². The van der Waals surface area contributed by atoms with Crippen molar-refractivity contribution in [2.45, 2.75) is 20.3 Å². The van der Waals surface area contributed by atoms with Gasteiger partial charge in [-0.1, -0.05) is 13.0 Å². The van der Waals surface area contributed by atoms with Gasteiger partial charge >= 0.3 is 0 Å². The summed E-state index contributed by atoms with van der Waals surface area (Å²) < 4.78 is 0. The summed E-state index contributed by atoms with van der Waals surface area (Å²) in [7, 11) is 0. The smallest absolute Gasteiger partial charge is 0.274 e. The summed E-state index contributed by atoms with van der Waals surface area (Å²) in [5.74, 6) is 0.244. The molecule has 0 amide bonds. The molecule has 0 unspecified atom stereocenters. The fraction of sp³-hybridized carbons (Fsp3) is 0.273. The van der Waals surface area contributed by atoms with E-state index < -0.39 is 0 Å². The van der Waals surface area contributed by atoms with Crippen LogP contribution in [0.25, 0.3) is 0 Å². The molecule has 2 aromatic rings. The third-order valence-corrected chi connectivity index (χ3v) is 3.22.